The van der Waals surface area contributed by atoms with Crippen LogP contribution in [0.1, 0.15) is 99.9 Å². The van der Waals surface area contributed by atoms with Crippen molar-refractivity contribution in [3.05, 3.63) is 457 Å². The lowest BCUT2D eigenvalue weighted by Crippen LogP contribution is -2.23. The summed E-state index contributed by atoms with van der Waals surface area (Å²) in [6.07, 6.45) is 0. The average molecular weight is 1780 g/mol. The van der Waals surface area contributed by atoms with Crippen LogP contribution in [0.25, 0.3) is 237 Å². The predicted octanol–water partition coefficient (Wildman–Crippen LogP) is 33.6. The minimum Gasteiger partial charge on any atom is -0.309 e. The van der Waals surface area contributed by atoms with Gasteiger partial charge < -0.3 is 4.57 Å². The minimum absolute atomic E-state index is 0.0686. The molecule has 139 heavy (non-hydrogen) atoms. The number of aromatic nitrogens is 8. The molecule has 0 saturated carbocycles. The molecule has 26 aromatic rings. The first-order valence-corrected chi connectivity index (χ1v) is 48.5. The van der Waals surface area contributed by atoms with Crippen molar-refractivity contribution in [1.82, 2.24) is 38.6 Å². The van der Waals surface area contributed by atoms with Gasteiger partial charge in [0.2, 0.25) is 11.9 Å². The van der Waals surface area contributed by atoms with E-state index in [1.54, 1.807) is 0 Å². The van der Waals surface area contributed by atoms with Crippen molar-refractivity contribution in [1.29, 1.82) is 0 Å². The van der Waals surface area contributed by atoms with Gasteiger partial charge in [-0.1, -0.05) is 432 Å². The second kappa shape index (κ2) is 29.7. The Morgan fingerprint density at radius 3 is 0.942 bits per heavy atom. The van der Waals surface area contributed by atoms with E-state index in [4.69, 9.17) is 24.9 Å². The van der Waals surface area contributed by atoms with Gasteiger partial charge in [0.05, 0.1) is 44.3 Å². The van der Waals surface area contributed by atoms with Crippen molar-refractivity contribution in [2.24, 2.45) is 0 Å². The number of fused-ring (bicyclic) bond motifs is 28. The number of hydrogen-bond acceptors (Lipinski definition) is 5. The van der Waals surface area contributed by atoms with E-state index in [2.05, 4.69) is 445 Å². The van der Waals surface area contributed by atoms with E-state index in [1.807, 2.05) is 36.4 Å². The van der Waals surface area contributed by atoms with Crippen LogP contribution in [0.15, 0.2) is 413 Å². The molecule has 0 bridgehead atoms. The molecule has 0 unspecified atom stereocenters. The Labute approximate surface area is 804 Å². The number of para-hydroxylation sites is 1. The van der Waals surface area contributed by atoms with Crippen LogP contribution in [0.3, 0.4) is 0 Å². The summed E-state index contributed by atoms with van der Waals surface area (Å²) in [4.78, 5) is 26.2. The summed E-state index contributed by atoms with van der Waals surface area (Å²) in [5.74, 6) is 2.57. The molecule has 0 fully saturated rings. The van der Waals surface area contributed by atoms with Gasteiger partial charge in [0, 0.05) is 115 Å². The molecule has 0 aliphatic heterocycles. The Morgan fingerprint density at radius 2 is 0.511 bits per heavy atom. The van der Waals surface area contributed by atoms with Crippen molar-refractivity contribution in [3.8, 4) is 96.1 Å². The second-order valence-corrected chi connectivity index (χ2v) is 40.4. The van der Waals surface area contributed by atoms with Crippen LogP contribution in [-0.4, -0.2) is 38.6 Å². The van der Waals surface area contributed by atoms with Gasteiger partial charge >= 0.3 is 0 Å². The van der Waals surface area contributed by atoms with Gasteiger partial charge in [-0.2, -0.15) is 9.97 Å². The van der Waals surface area contributed by atoms with Gasteiger partial charge in [0.25, 0.3) is 0 Å². The summed E-state index contributed by atoms with van der Waals surface area (Å²) >= 11 is 0. The number of nitrogens with zero attached hydrogens (tertiary/aromatic N) is 8. The SMILES string of the molecule is CC1(C)c2ccccc2-c2c3c1cccc3cc1c2c2ccc3ccccc3c2n1-c1nc(-c2ccccc2)c2ccccc2n1.CC1(C)c2ccccc2-c2c3c1cccc3cc1c2c2ccc3ccccc3c2n1-c1nc(-c2ccccc2)nc(-c2ccccc2)n1.CC1(C)c2ccccc2-c2ccc(-n3c4cc5cccc6c5c(c4c4ccc5ccccc5c43)-c3ccccc3C6(C)C)cc21. The molecule has 0 N–H and O–H groups in total. The fourth-order valence-corrected chi connectivity index (χ4v) is 25.1. The Morgan fingerprint density at radius 1 is 0.194 bits per heavy atom. The van der Waals surface area contributed by atoms with E-state index in [1.165, 1.54) is 197 Å². The topological polar surface area (TPSA) is 79.2 Å². The zero-order valence-corrected chi connectivity index (χ0v) is 78.3. The highest BCUT2D eigenvalue weighted by molar-refractivity contribution is 6.32. The van der Waals surface area contributed by atoms with Gasteiger partial charge in [-0.3, -0.25) is 9.13 Å². The largest absolute Gasteiger partial charge is 0.309 e. The van der Waals surface area contributed by atoms with Crippen molar-refractivity contribution in [2.45, 2.75) is 77.0 Å². The molecule has 0 radical (unpaired) electrons. The summed E-state index contributed by atoms with van der Waals surface area (Å²) in [5.41, 5.74) is 34.3. The van der Waals surface area contributed by atoms with E-state index < -0.39 is 0 Å². The van der Waals surface area contributed by atoms with Crippen molar-refractivity contribution in [2.75, 3.05) is 0 Å². The second-order valence-electron chi connectivity index (χ2n) is 40.4. The highest BCUT2D eigenvalue weighted by Crippen LogP contribution is 2.60. The smallest absolute Gasteiger partial charge is 0.238 e. The van der Waals surface area contributed by atoms with Crippen molar-refractivity contribution in [3.63, 3.8) is 0 Å². The number of rotatable bonds is 6. The minimum atomic E-state index is -0.134. The quantitative estimate of drug-likeness (QED) is 0.166. The highest BCUT2D eigenvalue weighted by Gasteiger charge is 2.42. The predicted molar refractivity (Wildman–Crippen MR) is 580 cm³/mol. The number of hydrogen-bond donors (Lipinski definition) is 0. The first kappa shape index (κ1) is 80.4. The van der Waals surface area contributed by atoms with Crippen LogP contribution in [-0.2, 0) is 21.7 Å². The first-order chi connectivity index (χ1) is 68.0. The summed E-state index contributed by atoms with van der Waals surface area (Å²) in [6.45, 7) is 18.9. The zero-order valence-electron chi connectivity index (χ0n) is 78.3. The Bertz CT molecular complexity index is 9780. The molecule has 0 amide bonds. The van der Waals surface area contributed by atoms with E-state index >= 15 is 0 Å². The van der Waals surface area contributed by atoms with Crippen LogP contribution in [0.5, 0.6) is 0 Å². The maximum absolute atomic E-state index is 5.41. The van der Waals surface area contributed by atoms with E-state index in [0.717, 1.165) is 60.7 Å². The fourth-order valence-electron chi connectivity index (χ4n) is 25.1. The van der Waals surface area contributed by atoms with Crippen LogP contribution in [0, 0.1) is 0 Å². The van der Waals surface area contributed by atoms with Crippen molar-refractivity contribution >= 4 is 141 Å². The Balaban J connectivity index is 0.000000103. The number of benzene rings is 21. The summed E-state index contributed by atoms with van der Waals surface area (Å²) in [5, 5.41) is 23.7. The summed E-state index contributed by atoms with van der Waals surface area (Å²) < 4.78 is 7.19. The molecule has 0 spiro atoms. The average Bonchev–Trinajstić information content (AvgIpc) is 1.60. The summed E-state index contributed by atoms with van der Waals surface area (Å²) in [6, 6.07) is 150. The maximum Gasteiger partial charge on any atom is 0.238 e. The molecule has 4 aliphatic carbocycles. The van der Waals surface area contributed by atoms with Gasteiger partial charge in [-0.25, -0.2) is 15.0 Å². The van der Waals surface area contributed by atoms with Gasteiger partial charge in [0.15, 0.2) is 11.6 Å². The molecular formula is C131H92N8. The third kappa shape index (κ3) is 11.5. The highest BCUT2D eigenvalue weighted by atomic mass is 15.2. The molecule has 4 aliphatic rings. The molecule has 0 atom stereocenters. The third-order valence-corrected chi connectivity index (χ3v) is 31.5. The van der Waals surface area contributed by atoms with E-state index in [0.29, 0.717) is 23.5 Å². The maximum atomic E-state index is 5.41. The summed E-state index contributed by atoms with van der Waals surface area (Å²) in [7, 11) is 0. The van der Waals surface area contributed by atoms with Gasteiger partial charge in [-0.05, 0) is 157 Å². The lowest BCUT2D eigenvalue weighted by molar-refractivity contribution is 0.645. The van der Waals surface area contributed by atoms with Gasteiger partial charge in [0.1, 0.15) is 0 Å². The van der Waals surface area contributed by atoms with Crippen molar-refractivity contribution < 1.29 is 0 Å². The molecule has 656 valence electrons. The molecule has 5 heterocycles. The zero-order chi connectivity index (χ0) is 92.8. The fraction of sp³-hybridized carbons (Fsp3) is 0.0916. The van der Waals surface area contributed by atoms with Crippen LogP contribution < -0.4 is 0 Å². The Kier molecular flexibility index (Phi) is 17.2. The molecule has 0 saturated heterocycles. The lowest BCUT2D eigenvalue weighted by atomic mass is 9.68. The molecule has 8 heteroatoms. The molecule has 21 aromatic carbocycles. The first-order valence-electron chi connectivity index (χ1n) is 48.5. The van der Waals surface area contributed by atoms with E-state index in [9.17, 15) is 0 Å². The lowest BCUT2D eigenvalue weighted by Gasteiger charge is -2.35. The normalized spacial score (nSPS) is 14.1. The van der Waals surface area contributed by atoms with Gasteiger partial charge in [-0.15, -0.1) is 0 Å². The van der Waals surface area contributed by atoms with Crippen LogP contribution in [0.4, 0.5) is 0 Å². The van der Waals surface area contributed by atoms with Crippen LogP contribution in [0.2, 0.25) is 0 Å². The monoisotopic (exact) mass is 1780 g/mol. The standard InChI is InChI=1S/C44H30N4.C44H33N.C43H29N3/c1-44(2)34-22-12-11-21-32(34)39-37-30(19-13-23-35(37)44)26-36-38(39)33-25-24-27-14-9-10-20-31(27)40(33)48(36)43-46-41(28-15-5-3-6-16-28)45-42(47-43)29-17-7-4-8-18-29;1-43(2)35-18-10-8-16-32(35)41-39-27(13-11-19-36(39)43)24-38-40(41)33-22-20-26-12-5-6-14-29(26)42(33)45(38)28-21-23-31-30-15-7-9-17-34(30)44(3,4)37(31)25-28;1-43(2)33-20-10-8-18-30(33)39-37-28(16-12-21-34(37)43)25-36-38(39)32-24-23-26-13-6-7-17-29(26)41(32)46(36)42-44-35-22-11-9-19-31(35)40(45-42)27-14-4-3-5-15-27/h3-26H,1-2H3;5-25H,1-4H3;3-25H,1-2H3. The van der Waals surface area contributed by atoms with Crippen LogP contribution >= 0.6 is 0 Å². The molecule has 8 nitrogen and oxygen atoms in total. The molecule has 30 rings (SSSR count). The third-order valence-electron chi connectivity index (χ3n) is 31.5. The molecule has 5 aromatic heterocycles. The molecular weight excluding hydrogens is 1690 g/mol. The van der Waals surface area contributed by atoms with E-state index in [-0.39, 0.29) is 21.7 Å². The Hall–Kier alpha value is -17.1.